The summed E-state index contributed by atoms with van der Waals surface area (Å²) < 4.78 is 19.4. The van der Waals surface area contributed by atoms with Crippen LogP contribution in [0, 0.1) is 5.82 Å². The SMILES string of the molecule is O=C1c2cc(F)c(OCCCO)cc2NC(O)C2CCCN12. The van der Waals surface area contributed by atoms with Crippen molar-refractivity contribution in [1.29, 1.82) is 0 Å². The number of nitrogens with one attached hydrogen (secondary N) is 1. The molecule has 0 saturated carbocycles. The number of nitrogens with zero attached hydrogens (tertiary/aromatic N) is 1. The second-order valence-electron chi connectivity index (χ2n) is 5.55. The van der Waals surface area contributed by atoms with E-state index in [1.807, 2.05) is 0 Å². The Labute approximate surface area is 127 Å². The van der Waals surface area contributed by atoms with Crippen molar-refractivity contribution in [2.45, 2.75) is 31.5 Å². The predicted octanol–water partition coefficient (Wildman–Crippen LogP) is 0.935. The van der Waals surface area contributed by atoms with Gasteiger partial charge in [0.25, 0.3) is 5.91 Å². The first kappa shape index (κ1) is 15.1. The van der Waals surface area contributed by atoms with Crippen LogP contribution >= 0.6 is 0 Å². The third-order valence-electron chi connectivity index (χ3n) is 4.09. The molecule has 0 radical (unpaired) electrons. The van der Waals surface area contributed by atoms with Crippen molar-refractivity contribution in [2.24, 2.45) is 0 Å². The number of benzene rings is 1. The number of carbonyl (C=O) groups is 1. The molecule has 1 saturated heterocycles. The van der Waals surface area contributed by atoms with Crippen LogP contribution in [0.5, 0.6) is 5.75 Å². The molecule has 22 heavy (non-hydrogen) atoms. The van der Waals surface area contributed by atoms with Crippen LogP contribution in [-0.2, 0) is 0 Å². The van der Waals surface area contributed by atoms with Gasteiger partial charge in [-0.2, -0.15) is 0 Å². The maximum Gasteiger partial charge on any atom is 0.256 e. The molecule has 2 aliphatic heterocycles. The van der Waals surface area contributed by atoms with E-state index in [4.69, 9.17) is 9.84 Å². The minimum atomic E-state index is -0.886. The number of carbonyl (C=O) groups excluding carboxylic acids is 1. The molecule has 3 rings (SSSR count). The number of aliphatic hydroxyl groups is 2. The number of halogens is 1. The molecule has 2 heterocycles. The van der Waals surface area contributed by atoms with E-state index >= 15 is 0 Å². The van der Waals surface area contributed by atoms with E-state index in [-0.39, 0.29) is 36.5 Å². The minimum Gasteiger partial charge on any atom is -0.490 e. The molecule has 0 aliphatic carbocycles. The zero-order chi connectivity index (χ0) is 15.7. The molecule has 0 aromatic heterocycles. The molecular formula is C15H19FN2O4. The molecule has 1 fully saturated rings. The first-order chi connectivity index (χ1) is 10.6. The quantitative estimate of drug-likeness (QED) is 0.721. The standard InChI is InChI=1S/C15H19FN2O4/c16-10-7-9-11(8-13(10)22-6-2-5-19)17-14(20)12-3-1-4-18(12)15(9)21/h7-8,12,14,17,19-20H,1-6H2. The van der Waals surface area contributed by atoms with Crippen LogP contribution in [-0.4, -0.2) is 53.0 Å². The Morgan fingerprint density at radius 2 is 2.27 bits per heavy atom. The van der Waals surface area contributed by atoms with Gasteiger partial charge in [-0.15, -0.1) is 0 Å². The van der Waals surface area contributed by atoms with Crippen molar-refractivity contribution in [3.63, 3.8) is 0 Å². The molecule has 6 nitrogen and oxygen atoms in total. The van der Waals surface area contributed by atoms with Crippen LogP contribution in [0.2, 0.25) is 0 Å². The first-order valence-electron chi connectivity index (χ1n) is 7.44. The Bertz CT molecular complexity index is 581. The van der Waals surface area contributed by atoms with Gasteiger partial charge in [0, 0.05) is 25.6 Å². The van der Waals surface area contributed by atoms with Crippen LogP contribution in [0.15, 0.2) is 12.1 Å². The molecule has 2 aliphatic rings. The highest BCUT2D eigenvalue weighted by molar-refractivity contribution is 6.01. The maximum atomic E-state index is 14.1. The van der Waals surface area contributed by atoms with Crippen molar-refractivity contribution < 1.29 is 24.1 Å². The largest absolute Gasteiger partial charge is 0.490 e. The van der Waals surface area contributed by atoms with Gasteiger partial charge in [-0.25, -0.2) is 4.39 Å². The summed E-state index contributed by atoms with van der Waals surface area (Å²) in [6.07, 6.45) is 1.05. The van der Waals surface area contributed by atoms with Crippen LogP contribution in [0.25, 0.3) is 0 Å². The lowest BCUT2D eigenvalue weighted by Crippen LogP contribution is -2.43. The number of aliphatic hydroxyl groups excluding tert-OH is 2. The third kappa shape index (κ3) is 2.62. The fourth-order valence-corrected chi connectivity index (χ4v) is 2.99. The molecule has 0 bridgehead atoms. The zero-order valence-corrected chi connectivity index (χ0v) is 12.1. The zero-order valence-electron chi connectivity index (χ0n) is 12.1. The van der Waals surface area contributed by atoms with Gasteiger partial charge in [-0.1, -0.05) is 0 Å². The lowest BCUT2D eigenvalue weighted by molar-refractivity contribution is 0.0581. The lowest BCUT2D eigenvalue weighted by atomic mass is 10.1. The van der Waals surface area contributed by atoms with Crippen molar-refractivity contribution in [1.82, 2.24) is 4.90 Å². The van der Waals surface area contributed by atoms with Gasteiger partial charge in [0.2, 0.25) is 0 Å². The van der Waals surface area contributed by atoms with Crippen LogP contribution < -0.4 is 10.1 Å². The van der Waals surface area contributed by atoms with E-state index in [0.717, 1.165) is 18.9 Å². The number of amides is 1. The second kappa shape index (κ2) is 6.10. The van der Waals surface area contributed by atoms with E-state index in [1.54, 1.807) is 4.90 Å². The molecule has 7 heteroatoms. The fourth-order valence-electron chi connectivity index (χ4n) is 2.99. The Morgan fingerprint density at radius 3 is 3.05 bits per heavy atom. The molecule has 3 N–H and O–H groups in total. The number of hydrogen-bond acceptors (Lipinski definition) is 5. The van der Waals surface area contributed by atoms with Gasteiger partial charge in [0.15, 0.2) is 11.6 Å². The predicted molar refractivity (Wildman–Crippen MR) is 77.3 cm³/mol. The highest BCUT2D eigenvalue weighted by atomic mass is 19.1. The number of ether oxygens (including phenoxy) is 1. The van der Waals surface area contributed by atoms with Gasteiger partial charge >= 0.3 is 0 Å². The summed E-state index contributed by atoms with van der Waals surface area (Å²) in [4.78, 5) is 14.1. The van der Waals surface area contributed by atoms with E-state index in [2.05, 4.69) is 5.32 Å². The first-order valence-corrected chi connectivity index (χ1v) is 7.44. The Morgan fingerprint density at radius 1 is 1.45 bits per heavy atom. The molecule has 2 unspecified atom stereocenters. The fraction of sp³-hybridized carbons (Fsp3) is 0.533. The monoisotopic (exact) mass is 310 g/mol. The van der Waals surface area contributed by atoms with Gasteiger partial charge < -0.3 is 25.2 Å². The summed E-state index contributed by atoms with van der Waals surface area (Å²) >= 11 is 0. The minimum absolute atomic E-state index is 0.00163. The Hall–Kier alpha value is -1.86. The highest BCUT2D eigenvalue weighted by Gasteiger charge is 2.38. The number of hydrogen-bond donors (Lipinski definition) is 3. The lowest BCUT2D eigenvalue weighted by Gasteiger charge is -2.25. The average Bonchev–Trinajstić information content (AvgIpc) is 2.96. The normalized spacial score (nSPS) is 23.6. The van der Waals surface area contributed by atoms with Gasteiger partial charge in [0.1, 0.15) is 6.23 Å². The van der Waals surface area contributed by atoms with Crippen molar-refractivity contribution in [3.8, 4) is 5.75 Å². The number of fused-ring (bicyclic) bond motifs is 2. The number of anilines is 1. The Kier molecular flexibility index (Phi) is 4.17. The van der Waals surface area contributed by atoms with E-state index in [1.165, 1.54) is 6.07 Å². The molecule has 2 atom stereocenters. The summed E-state index contributed by atoms with van der Waals surface area (Å²) in [5.41, 5.74) is 0.572. The molecule has 1 aromatic carbocycles. The summed E-state index contributed by atoms with van der Waals surface area (Å²) in [6.45, 7) is 0.703. The molecule has 1 amide bonds. The van der Waals surface area contributed by atoms with E-state index in [9.17, 15) is 14.3 Å². The summed E-state index contributed by atoms with van der Waals surface area (Å²) in [7, 11) is 0. The van der Waals surface area contributed by atoms with Gasteiger partial charge in [-0.3, -0.25) is 4.79 Å². The maximum absolute atomic E-state index is 14.1. The average molecular weight is 310 g/mol. The smallest absolute Gasteiger partial charge is 0.256 e. The van der Waals surface area contributed by atoms with E-state index in [0.29, 0.717) is 18.7 Å². The number of rotatable bonds is 4. The van der Waals surface area contributed by atoms with Crippen molar-refractivity contribution in [2.75, 3.05) is 25.1 Å². The van der Waals surface area contributed by atoms with Gasteiger partial charge in [-0.05, 0) is 18.9 Å². The third-order valence-corrected chi connectivity index (χ3v) is 4.09. The van der Waals surface area contributed by atoms with Crippen molar-refractivity contribution >= 4 is 11.6 Å². The molecular weight excluding hydrogens is 291 g/mol. The van der Waals surface area contributed by atoms with Crippen molar-refractivity contribution in [3.05, 3.63) is 23.5 Å². The molecule has 1 aromatic rings. The molecule has 120 valence electrons. The highest BCUT2D eigenvalue weighted by Crippen LogP contribution is 2.34. The van der Waals surface area contributed by atoms with Crippen LogP contribution in [0.3, 0.4) is 0 Å². The molecule has 0 spiro atoms. The summed E-state index contributed by atoms with van der Waals surface area (Å²) in [5.74, 6) is -0.900. The van der Waals surface area contributed by atoms with Crippen LogP contribution in [0.1, 0.15) is 29.6 Å². The summed E-state index contributed by atoms with van der Waals surface area (Å²) in [5, 5.41) is 21.8. The summed E-state index contributed by atoms with van der Waals surface area (Å²) in [6, 6.07) is 2.25. The topological polar surface area (TPSA) is 82.0 Å². The van der Waals surface area contributed by atoms with Crippen LogP contribution in [0.4, 0.5) is 10.1 Å². The van der Waals surface area contributed by atoms with E-state index < -0.39 is 12.0 Å². The second-order valence-corrected chi connectivity index (χ2v) is 5.55. The Balaban J connectivity index is 1.92. The van der Waals surface area contributed by atoms with Gasteiger partial charge in [0.05, 0.1) is 23.9 Å².